The summed E-state index contributed by atoms with van der Waals surface area (Å²) in [5.41, 5.74) is 0.867. The summed E-state index contributed by atoms with van der Waals surface area (Å²) in [6.45, 7) is 0.300. The molecule has 0 spiro atoms. The largest absolute Gasteiger partial charge is 0.329 e. The molecule has 0 amide bonds. The van der Waals surface area contributed by atoms with Crippen LogP contribution in [0.15, 0.2) is 26.4 Å². The highest BCUT2D eigenvalue weighted by Gasteiger charge is 2.24. The summed E-state index contributed by atoms with van der Waals surface area (Å²) in [6, 6.07) is 1.92. The van der Waals surface area contributed by atoms with Crippen LogP contribution in [0.1, 0.15) is 42.7 Å². The van der Waals surface area contributed by atoms with Crippen molar-refractivity contribution in [1.29, 1.82) is 0 Å². The highest BCUT2D eigenvalue weighted by molar-refractivity contribution is 7.07. The van der Waals surface area contributed by atoms with Crippen LogP contribution in [0.25, 0.3) is 0 Å². The highest BCUT2D eigenvalue weighted by atomic mass is 35.5. The molecule has 2 heterocycles. The van der Waals surface area contributed by atoms with Crippen LogP contribution < -0.4 is 11.2 Å². The summed E-state index contributed by atoms with van der Waals surface area (Å²) >= 11 is 7.65. The van der Waals surface area contributed by atoms with E-state index >= 15 is 0 Å². The Balaban J connectivity index is 2.08. The first-order valence-corrected chi connectivity index (χ1v) is 8.02. The third-order valence-corrected chi connectivity index (χ3v) is 4.89. The van der Waals surface area contributed by atoms with E-state index in [0.29, 0.717) is 12.1 Å². The fourth-order valence-corrected chi connectivity index (χ4v) is 3.81. The monoisotopic (exact) mass is 310 g/mol. The smallest absolute Gasteiger partial charge is 0.297 e. The van der Waals surface area contributed by atoms with E-state index in [4.69, 9.17) is 11.6 Å². The lowest BCUT2D eigenvalue weighted by molar-refractivity contribution is 0.642. The lowest BCUT2D eigenvalue weighted by atomic mass is 10.0. The van der Waals surface area contributed by atoms with Crippen LogP contribution in [0.5, 0.6) is 0 Å². The Morgan fingerprint density at radius 1 is 1.35 bits per heavy atom. The van der Waals surface area contributed by atoms with Crippen LogP contribution in [-0.4, -0.2) is 9.55 Å². The van der Waals surface area contributed by atoms with Crippen LogP contribution in [0.3, 0.4) is 0 Å². The lowest BCUT2D eigenvalue weighted by Gasteiger charge is -2.13. The van der Waals surface area contributed by atoms with Gasteiger partial charge in [-0.15, -0.1) is 0 Å². The Morgan fingerprint density at radius 3 is 2.75 bits per heavy atom. The van der Waals surface area contributed by atoms with Gasteiger partial charge in [-0.25, -0.2) is 4.79 Å². The van der Waals surface area contributed by atoms with E-state index in [0.717, 1.165) is 31.2 Å². The average molecular weight is 311 g/mol. The fourth-order valence-electron chi connectivity index (χ4n) is 2.84. The van der Waals surface area contributed by atoms with E-state index in [-0.39, 0.29) is 16.6 Å². The van der Waals surface area contributed by atoms with Crippen LogP contribution in [0, 0.1) is 0 Å². The minimum atomic E-state index is -0.437. The minimum Gasteiger partial charge on any atom is -0.297 e. The summed E-state index contributed by atoms with van der Waals surface area (Å²) in [6.07, 6.45) is 4.17. The van der Waals surface area contributed by atoms with Gasteiger partial charge in [0.25, 0.3) is 5.56 Å². The van der Waals surface area contributed by atoms with Gasteiger partial charge < -0.3 is 0 Å². The summed E-state index contributed by atoms with van der Waals surface area (Å²) in [5.74, 6) is 0.181. The van der Waals surface area contributed by atoms with E-state index in [1.54, 1.807) is 11.3 Å². The zero-order chi connectivity index (χ0) is 14.1. The Morgan fingerprint density at radius 2 is 2.10 bits per heavy atom. The Hall–Kier alpha value is -1.33. The van der Waals surface area contributed by atoms with E-state index in [1.165, 1.54) is 4.57 Å². The van der Waals surface area contributed by atoms with Crippen molar-refractivity contribution >= 4 is 22.9 Å². The van der Waals surface area contributed by atoms with Crippen molar-refractivity contribution < 1.29 is 0 Å². The van der Waals surface area contributed by atoms with Crippen LogP contribution >= 0.6 is 22.9 Å². The molecule has 1 N–H and O–H groups in total. The van der Waals surface area contributed by atoms with Crippen LogP contribution in [-0.2, 0) is 6.54 Å². The van der Waals surface area contributed by atoms with Crippen molar-refractivity contribution in [3.05, 3.63) is 53.9 Å². The molecule has 20 heavy (non-hydrogen) atoms. The Kier molecular flexibility index (Phi) is 3.81. The quantitative estimate of drug-likeness (QED) is 0.886. The summed E-state index contributed by atoms with van der Waals surface area (Å²) in [4.78, 5) is 27.2. The van der Waals surface area contributed by atoms with Crippen molar-refractivity contribution in [2.75, 3.05) is 0 Å². The summed E-state index contributed by atoms with van der Waals surface area (Å²) in [7, 11) is 0. The SMILES string of the molecule is O=c1[nH]c(Cl)c(C2CCCC2)c(=O)n1Cc1ccsc1. The maximum atomic E-state index is 12.6. The third kappa shape index (κ3) is 2.47. The molecule has 0 unspecified atom stereocenters. The van der Waals surface area contributed by atoms with E-state index in [2.05, 4.69) is 4.98 Å². The normalized spacial score (nSPS) is 15.8. The molecular weight excluding hydrogens is 296 g/mol. The first kappa shape index (κ1) is 13.6. The fraction of sp³-hybridized carbons (Fsp3) is 0.429. The molecular formula is C14H15ClN2O2S. The summed E-state index contributed by atoms with van der Waals surface area (Å²) in [5, 5.41) is 4.09. The van der Waals surface area contributed by atoms with Gasteiger partial charge in [0.1, 0.15) is 5.15 Å². The maximum Gasteiger partial charge on any atom is 0.329 e. The van der Waals surface area contributed by atoms with E-state index in [9.17, 15) is 9.59 Å². The zero-order valence-corrected chi connectivity index (χ0v) is 12.5. The molecule has 0 aliphatic heterocycles. The number of thiophene rings is 1. The molecule has 0 radical (unpaired) electrons. The average Bonchev–Trinajstić information content (AvgIpc) is 3.07. The molecule has 106 valence electrons. The molecule has 1 saturated carbocycles. The Labute approximate surface area is 125 Å². The number of aromatic nitrogens is 2. The molecule has 6 heteroatoms. The van der Waals surface area contributed by atoms with E-state index < -0.39 is 5.69 Å². The Bertz CT molecular complexity index is 712. The van der Waals surface area contributed by atoms with Gasteiger partial charge in [-0.05, 0) is 41.1 Å². The molecule has 3 rings (SSSR count). The minimum absolute atomic E-state index is 0.181. The molecule has 0 saturated heterocycles. The standard InChI is InChI=1S/C14H15ClN2O2S/c15-12-11(10-3-1-2-4-10)13(18)17(14(19)16-12)7-9-5-6-20-8-9/h5-6,8,10H,1-4,7H2,(H,16,19). The predicted octanol–water partition coefficient (Wildman–Crippen LogP) is 2.96. The van der Waals surface area contributed by atoms with Gasteiger partial charge in [0, 0.05) is 0 Å². The second-order valence-electron chi connectivity index (χ2n) is 5.16. The van der Waals surface area contributed by atoms with E-state index in [1.807, 2.05) is 16.8 Å². The molecule has 2 aromatic rings. The maximum absolute atomic E-state index is 12.6. The molecule has 1 aliphatic carbocycles. The van der Waals surface area contributed by atoms with Gasteiger partial charge in [0.05, 0.1) is 12.1 Å². The number of aromatic amines is 1. The summed E-state index contributed by atoms with van der Waals surface area (Å²) < 4.78 is 1.25. The van der Waals surface area contributed by atoms with Gasteiger partial charge >= 0.3 is 5.69 Å². The first-order valence-electron chi connectivity index (χ1n) is 6.70. The predicted molar refractivity (Wildman–Crippen MR) is 81.0 cm³/mol. The van der Waals surface area contributed by atoms with Crippen molar-refractivity contribution in [2.24, 2.45) is 0 Å². The molecule has 1 aliphatic rings. The van der Waals surface area contributed by atoms with Crippen LogP contribution in [0.4, 0.5) is 0 Å². The molecule has 0 aromatic carbocycles. The topological polar surface area (TPSA) is 54.9 Å². The van der Waals surface area contributed by atoms with Gasteiger partial charge in [0.15, 0.2) is 0 Å². The van der Waals surface area contributed by atoms with Gasteiger partial charge in [-0.1, -0.05) is 24.4 Å². The highest BCUT2D eigenvalue weighted by Crippen LogP contribution is 2.34. The van der Waals surface area contributed by atoms with Crippen molar-refractivity contribution in [3.63, 3.8) is 0 Å². The van der Waals surface area contributed by atoms with Gasteiger partial charge in [-0.2, -0.15) is 11.3 Å². The zero-order valence-electron chi connectivity index (χ0n) is 10.9. The van der Waals surface area contributed by atoms with Gasteiger partial charge in [0.2, 0.25) is 0 Å². The second-order valence-corrected chi connectivity index (χ2v) is 6.32. The molecule has 2 aromatic heterocycles. The number of hydrogen-bond donors (Lipinski definition) is 1. The molecule has 0 atom stereocenters. The molecule has 4 nitrogen and oxygen atoms in total. The number of halogens is 1. The third-order valence-electron chi connectivity index (χ3n) is 3.86. The first-order chi connectivity index (χ1) is 9.66. The number of rotatable bonds is 3. The van der Waals surface area contributed by atoms with Gasteiger partial charge in [-0.3, -0.25) is 14.3 Å². The molecule has 0 bridgehead atoms. The van der Waals surface area contributed by atoms with Crippen molar-refractivity contribution in [3.8, 4) is 0 Å². The lowest BCUT2D eigenvalue weighted by Crippen LogP contribution is -2.38. The number of nitrogens with one attached hydrogen (secondary N) is 1. The van der Waals surface area contributed by atoms with Crippen molar-refractivity contribution in [2.45, 2.75) is 38.1 Å². The molecule has 1 fully saturated rings. The number of hydrogen-bond acceptors (Lipinski definition) is 3. The van der Waals surface area contributed by atoms with Crippen LogP contribution in [0.2, 0.25) is 5.15 Å². The number of H-pyrrole nitrogens is 1. The number of nitrogens with zero attached hydrogens (tertiary/aromatic N) is 1. The second kappa shape index (κ2) is 5.58. The van der Waals surface area contributed by atoms with Crippen molar-refractivity contribution in [1.82, 2.24) is 9.55 Å².